The van der Waals surface area contributed by atoms with E-state index in [9.17, 15) is 0 Å². The minimum atomic E-state index is 0.409. The molecule has 4 heteroatoms. The molecule has 1 aromatic heterocycles. The third-order valence-corrected chi connectivity index (χ3v) is 5.64. The predicted octanol–water partition coefficient (Wildman–Crippen LogP) is 5.46. The Morgan fingerprint density at radius 3 is 1.94 bits per heavy atom. The standard InChI is InChI=1S/C13H21Br2NS/c1-7(2)11(8(3)4)12(16-5)9-6-10(14)17-13(9)15/h6-8,11-12,16H,1-5H3. The second-order valence-electron chi connectivity index (χ2n) is 5.11. The summed E-state index contributed by atoms with van der Waals surface area (Å²) in [7, 11) is 2.06. The van der Waals surface area contributed by atoms with Crippen molar-refractivity contribution in [2.24, 2.45) is 17.8 Å². The van der Waals surface area contributed by atoms with E-state index in [4.69, 9.17) is 0 Å². The van der Waals surface area contributed by atoms with Crippen LogP contribution >= 0.6 is 43.2 Å². The van der Waals surface area contributed by atoms with Crippen molar-refractivity contribution in [3.05, 3.63) is 19.2 Å². The molecule has 1 N–H and O–H groups in total. The number of halogens is 2. The summed E-state index contributed by atoms with van der Waals surface area (Å²) >= 11 is 8.99. The minimum absolute atomic E-state index is 0.409. The lowest BCUT2D eigenvalue weighted by atomic mass is 9.78. The molecule has 0 fully saturated rings. The normalized spacial score (nSPS) is 14.0. The number of rotatable bonds is 5. The summed E-state index contributed by atoms with van der Waals surface area (Å²) in [5.41, 5.74) is 1.37. The monoisotopic (exact) mass is 381 g/mol. The first-order chi connectivity index (χ1) is 7.88. The van der Waals surface area contributed by atoms with Crippen molar-refractivity contribution in [2.75, 3.05) is 7.05 Å². The van der Waals surface area contributed by atoms with Gasteiger partial charge in [0.2, 0.25) is 0 Å². The maximum atomic E-state index is 3.67. The van der Waals surface area contributed by atoms with Crippen LogP contribution in [0.3, 0.4) is 0 Å². The van der Waals surface area contributed by atoms with Gasteiger partial charge < -0.3 is 5.32 Å². The Hall–Kier alpha value is 0.620. The van der Waals surface area contributed by atoms with Crippen LogP contribution in [0.2, 0.25) is 0 Å². The van der Waals surface area contributed by atoms with Gasteiger partial charge in [0.25, 0.3) is 0 Å². The fraction of sp³-hybridized carbons (Fsp3) is 0.692. The highest BCUT2D eigenvalue weighted by atomic mass is 79.9. The maximum absolute atomic E-state index is 3.67. The predicted molar refractivity (Wildman–Crippen MR) is 84.7 cm³/mol. The van der Waals surface area contributed by atoms with Gasteiger partial charge >= 0.3 is 0 Å². The Bertz CT molecular complexity index is 352. The van der Waals surface area contributed by atoms with Crippen molar-refractivity contribution in [1.29, 1.82) is 0 Å². The second kappa shape index (κ2) is 6.69. The zero-order valence-electron chi connectivity index (χ0n) is 11.1. The minimum Gasteiger partial charge on any atom is -0.313 e. The Balaban J connectivity index is 3.08. The molecule has 0 spiro atoms. The van der Waals surface area contributed by atoms with E-state index in [2.05, 4.69) is 78.0 Å². The summed E-state index contributed by atoms with van der Waals surface area (Å²) in [5, 5.41) is 3.49. The van der Waals surface area contributed by atoms with Gasteiger partial charge in [0.15, 0.2) is 0 Å². The molecule has 0 amide bonds. The van der Waals surface area contributed by atoms with Crippen LogP contribution in [0, 0.1) is 17.8 Å². The molecule has 0 saturated carbocycles. The van der Waals surface area contributed by atoms with Crippen LogP contribution in [0.4, 0.5) is 0 Å². The van der Waals surface area contributed by atoms with Gasteiger partial charge in [-0.3, -0.25) is 0 Å². The SMILES string of the molecule is CNC(c1cc(Br)sc1Br)C(C(C)C)C(C)C. The number of thiophene rings is 1. The quantitative estimate of drug-likeness (QED) is 0.712. The van der Waals surface area contributed by atoms with Gasteiger partial charge in [-0.1, -0.05) is 27.7 Å². The van der Waals surface area contributed by atoms with Crippen molar-refractivity contribution >= 4 is 43.2 Å². The Kier molecular flexibility index (Phi) is 6.17. The van der Waals surface area contributed by atoms with Crippen LogP contribution in [0.1, 0.15) is 39.3 Å². The third-order valence-electron chi connectivity index (χ3n) is 3.25. The average Bonchev–Trinajstić information content (AvgIpc) is 2.52. The summed E-state index contributed by atoms with van der Waals surface area (Å²) in [6.07, 6.45) is 0. The molecule has 1 aromatic rings. The number of hydrogen-bond donors (Lipinski definition) is 1. The third kappa shape index (κ3) is 3.79. The number of nitrogens with one attached hydrogen (secondary N) is 1. The van der Waals surface area contributed by atoms with E-state index in [0.29, 0.717) is 23.8 Å². The molecular weight excluding hydrogens is 362 g/mol. The van der Waals surface area contributed by atoms with Gasteiger partial charge in [0, 0.05) is 6.04 Å². The molecule has 98 valence electrons. The lowest BCUT2D eigenvalue weighted by Gasteiger charge is -2.33. The van der Waals surface area contributed by atoms with Crippen LogP contribution in [-0.2, 0) is 0 Å². The van der Waals surface area contributed by atoms with Gasteiger partial charge in [-0.2, -0.15) is 0 Å². The summed E-state index contributed by atoms with van der Waals surface area (Å²) < 4.78 is 2.42. The van der Waals surface area contributed by atoms with E-state index >= 15 is 0 Å². The summed E-state index contributed by atoms with van der Waals surface area (Å²) in [5.74, 6) is 1.97. The van der Waals surface area contributed by atoms with Crippen LogP contribution in [0.15, 0.2) is 13.6 Å². The van der Waals surface area contributed by atoms with Crippen LogP contribution in [0.5, 0.6) is 0 Å². The molecule has 1 nitrogen and oxygen atoms in total. The summed E-state index contributed by atoms with van der Waals surface area (Å²) in [4.78, 5) is 0. The molecule has 0 aliphatic rings. The van der Waals surface area contributed by atoms with E-state index in [0.717, 1.165) is 0 Å². The fourth-order valence-corrected chi connectivity index (χ4v) is 5.59. The van der Waals surface area contributed by atoms with E-state index < -0.39 is 0 Å². The van der Waals surface area contributed by atoms with Gasteiger partial charge in [0.05, 0.1) is 7.57 Å². The second-order valence-corrected chi connectivity index (χ2v) is 8.86. The van der Waals surface area contributed by atoms with E-state index in [1.54, 1.807) is 11.3 Å². The molecule has 1 heterocycles. The van der Waals surface area contributed by atoms with Gasteiger partial charge in [0.1, 0.15) is 0 Å². The Morgan fingerprint density at radius 2 is 1.65 bits per heavy atom. The van der Waals surface area contributed by atoms with Crippen LogP contribution in [-0.4, -0.2) is 7.05 Å². The van der Waals surface area contributed by atoms with Crippen molar-refractivity contribution in [3.63, 3.8) is 0 Å². The van der Waals surface area contributed by atoms with Crippen molar-refractivity contribution in [2.45, 2.75) is 33.7 Å². The molecule has 0 bridgehead atoms. The van der Waals surface area contributed by atoms with E-state index in [-0.39, 0.29) is 0 Å². The van der Waals surface area contributed by atoms with E-state index in [1.807, 2.05) is 0 Å². The molecule has 1 rings (SSSR count). The molecule has 0 aromatic carbocycles. The smallest absolute Gasteiger partial charge is 0.0758 e. The van der Waals surface area contributed by atoms with Crippen molar-refractivity contribution < 1.29 is 0 Å². The zero-order chi connectivity index (χ0) is 13.2. The lowest BCUT2D eigenvalue weighted by Crippen LogP contribution is -2.32. The highest BCUT2D eigenvalue weighted by Crippen LogP contribution is 2.41. The molecule has 1 atom stereocenters. The molecule has 0 saturated heterocycles. The van der Waals surface area contributed by atoms with Gasteiger partial charge in [-0.25, -0.2) is 0 Å². The Morgan fingerprint density at radius 1 is 1.12 bits per heavy atom. The summed E-state index contributed by atoms with van der Waals surface area (Å²) in [6, 6.07) is 2.64. The van der Waals surface area contributed by atoms with Crippen LogP contribution in [0.25, 0.3) is 0 Å². The van der Waals surface area contributed by atoms with Gasteiger partial charge in [-0.05, 0) is 68.3 Å². The summed E-state index contributed by atoms with van der Waals surface area (Å²) in [6.45, 7) is 9.24. The van der Waals surface area contributed by atoms with Gasteiger partial charge in [-0.15, -0.1) is 11.3 Å². The first-order valence-electron chi connectivity index (χ1n) is 6.00. The largest absolute Gasteiger partial charge is 0.313 e. The van der Waals surface area contributed by atoms with Crippen LogP contribution < -0.4 is 5.32 Å². The first kappa shape index (κ1) is 15.7. The van der Waals surface area contributed by atoms with Crippen molar-refractivity contribution in [3.8, 4) is 0 Å². The Labute approximate surface area is 126 Å². The fourth-order valence-electron chi connectivity index (χ4n) is 2.66. The highest BCUT2D eigenvalue weighted by molar-refractivity contribution is 9.12. The number of hydrogen-bond acceptors (Lipinski definition) is 2. The molecular formula is C13H21Br2NS. The average molecular weight is 383 g/mol. The molecule has 1 unspecified atom stereocenters. The molecule has 0 aliphatic heterocycles. The molecule has 17 heavy (non-hydrogen) atoms. The zero-order valence-corrected chi connectivity index (χ0v) is 15.0. The topological polar surface area (TPSA) is 12.0 Å². The first-order valence-corrected chi connectivity index (χ1v) is 8.40. The van der Waals surface area contributed by atoms with Crippen molar-refractivity contribution in [1.82, 2.24) is 5.32 Å². The molecule has 0 aliphatic carbocycles. The van der Waals surface area contributed by atoms with E-state index in [1.165, 1.54) is 13.1 Å². The lowest BCUT2D eigenvalue weighted by molar-refractivity contribution is 0.217. The highest BCUT2D eigenvalue weighted by Gasteiger charge is 2.29. The maximum Gasteiger partial charge on any atom is 0.0758 e. The molecule has 0 radical (unpaired) electrons.